The Bertz CT molecular complexity index is 1100. The number of hydrogen-bond donors (Lipinski definition) is 1. The number of rotatable bonds is 9. The Morgan fingerprint density at radius 1 is 0.789 bits per heavy atom. The molecule has 0 aromatic heterocycles. The number of aliphatic hydroxyl groups excluding tert-OH is 1. The third-order valence-corrected chi connectivity index (χ3v) is 9.53. The summed E-state index contributed by atoms with van der Waals surface area (Å²) in [5.74, 6) is -1.30. The van der Waals surface area contributed by atoms with Crippen LogP contribution in [0.2, 0.25) is 0 Å². The molecule has 3 fully saturated rings. The third kappa shape index (κ3) is 5.96. The molecule has 3 aliphatic rings. The lowest BCUT2D eigenvalue weighted by molar-refractivity contribution is 0.155. The molecule has 0 amide bonds. The van der Waals surface area contributed by atoms with Gasteiger partial charge in [-0.1, -0.05) is 50.5 Å². The zero-order valence-corrected chi connectivity index (χ0v) is 22.3. The normalized spacial score (nSPS) is 28.3. The molecule has 2 aromatic rings. The first-order valence-electron chi connectivity index (χ1n) is 14.6. The Labute approximate surface area is 223 Å². The van der Waals surface area contributed by atoms with E-state index >= 15 is 0 Å². The standard InChI is InChI=1S/C32H40F4O2/c1-2-3-27(37)25-17-16-24(30(34)31(25)35)22-12-10-21(11-13-22)20-7-4-19(5-8-20)6-9-23-14-15-26(28-18-38-28)32(36)29(23)33/h14-17,19-22,27-28,37H,2-13,18H2,1H3. The van der Waals surface area contributed by atoms with Crippen molar-refractivity contribution < 1.29 is 27.4 Å². The number of halogens is 4. The molecule has 208 valence electrons. The topological polar surface area (TPSA) is 32.8 Å². The maximum atomic E-state index is 14.9. The van der Waals surface area contributed by atoms with Crippen LogP contribution in [-0.2, 0) is 11.2 Å². The fourth-order valence-electron chi connectivity index (χ4n) is 7.06. The van der Waals surface area contributed by atoms with Crippen LogP contribution in [0.3, 0.4) is 0 Å². The summed E-state index contributed by atoms with van der Waals surface area (Å²) in [6.07, 6.45) is 9.65. The van der Waals surface area contributed by atoms with E-state index < -0.39 is 29.4 Å². The van der Waals surface area contributed by atoms with Crippen molar-refractivity contribution in [3.63, 3.8) is 0 Å². The molecule has 2 nitrogen and oxygen atoms in total. The van der Waals surface area contributed by atoms with Crippen molar-refractivity contribution in [2.24, 2.45) is 17.8 Å². The van der Waals surface area contributed by atoms with E-state index in [9.17, 15) is 22.7 Å². The van der Waals surface area contributed by atoms with Crippen LogP contribution in [0, 0.1) is 41.0 Å². The van der Waals surface area contributed by atoms with Crippen molar-refractivity contribution in [2.45, 2.75) is 102 Å². The molecule has 0 bridgehead atoms. The van der Waals surface area contributed by atoms with Gasteiger partial charge in [-0.15, -0.1) is 0 Å². The van der Waals surface area contributed by atoms with Crippen LogP contribution in [-0.4, -0.2) is 11.7 Å². The Hall–Kier alpha value is -1.92. The average Bonchev–Trinajstić information content (AvgIpc) is 3.77. The van der Waals surface area contributed by atoms with Crippen molar-refractivity contribution in [1.29, 1.82) is 0 Å². The largest absolute Gasteiger partial charge is 0.388 e. The van der Waals surface area contributed by atoms with Crippen LogP contribution in [0.5, 0.6) is 0 Å². The Morgan fingerprint density at radius 2 is 1.39 bits per heavy atom. The van der Waals surface area contributed by atoms with Crippen LogP contribution < -0.4 is 0 Å². The molecule has 2 aromatic carbocycles. The van der Waals surface area contributed by atoms with E-state index in [0.717, 1.165) is 57.8 Å². The summed E-state index contributed by atoms with van der Waals surface area (Å²) in [6.45, 7) is 2.37. The van der Waals surface area contributed by atoms with Gasteiger partial charge >= 0.3 is 0 Å². The molecular formula is C32H40F4O2. The van der Waals surface area contributed by atoms with Crippen LogP contribution in [0.15, 0.2) is 24.3 Å². The molecule has 2 saturated carbocycles. The molecule has 5 rings (SSSR count). The predicted octanol–water partition coefficient (Wildman–Crippen LogP) is 8.86. The number of epoxide rings is 1. The lowest BCUT2D eigenvalue weighted by Gasteiger charge is -2.38. The smallest absolute Gasteiger partial charge is 0.164 e. The zero-order chi connectivity index (χ0) is 26.8. The molecule has 1 heterocycles. The highest BCUT2D eigenvalue weighted by molar-refractivity contribution is 5.31. The Morgan fingerprint density at radius 3 is 2.03 bits per heavy atom. The first-order valence-corrected chi connectivity index (χ1v) is 14.6. The summed E-state index contributed by atoms with van der Waals surface area (Å²) in [4.78, 5) is 0. The fourth-order valence-corrected chi connectivity index (χ4v) is 7.06. The first-order chi connectivity index (χ1) is 18.4. The maximum absolute atomic E-state index is 14.9. The van der Waals surface area contributed by atoms with Crippen LogP contribution in [0.25, 0.3) is 0 Å². The van der Waals surface area contributed by atoms with E-state index in [2.05, 4.69) is 0 Å². The van der Waals surface area contributed by atoms with E-state index in [1.807, 2.05) is 6.92 Å². The van der Waals surface area contributed by atoms with Gasteiger partial charge in [-0.2, -0.15) is 0 Å². The minimum atomic E-state index is -0.961. The van der Waals surface area contributed by atoms with Gasteiger partial charge in [0.2, 0.25) is 0 Å². The number of aryl methyl sites for hydroxylation is 1. The monoisotopic (exact) mass is 532 g/mol. The molecule has 1 N–H and O–H groups in total. The highest BCUT2D eigenvalue weighted by Gasteiger charge is 2.33. The summed E-state index contributed by atoms with van der Waals surface area (Å²) < 4.78 is 63.5. The van der Waals surface area contributed by atoms with Gasteiger partial charge in [-0.25, -0.2) is 17.6 Å². The molecule has 2 aliphatic carbocycles. The number of aliphatic hydroxyl groups is 1. The van der Waals surface area contributed by atoms with Crippen molar-refractivity contribution in [2.75, 3.05) is 6.61 Å². The molecular weight excluding hydrogens is 492 g/mol. The van der Waals surface area contributed by atoms with Crippen molar-refractivity contribution >= 4 is 0 Å². The average molecular weight is 533 g/mol. The maximum Gasteiger partial charge on any atom is 0.164 e. The van der Waals surface area contributed by atoms with E-state index in [0.29, 0.717) is 60.3 Å². The lowest BCUT2D eigenvalue weighted by atomic mass is 9.68. The van der Waals surface area contributed by atoms with Gasteiger partial charge in [0.15, 0.2) is 23.3 Å². The minimum Gasteiger partial charge on any atom is -0.388 e. The van der Waals surface area contributed by atoms with Crippen LogP contribution in [0.4, 0.5) is 17.6 Å². The lowest BCUT2D eigenvalue weighted by Crippen LogP contribution is -2.26. The molecule has 0 radical (unpaired) electrons. The SMILES string of the molecule is CCCC(O)c1ccc(C2CCC(C3CCC(CCc4ccc(C5CO5)c(F)c4F)CC3)CC2)c(F)c1F. The van der Waals surface area contributed by atoms with Gasteiger partial charge in [0.25, 0.3) is 0 Å². The van der Waals surface area contributed by atoms with E-state index in [1.54, 1.807) is 24.3 Å². The second-order valence-corrected chi connectivity index (χ2v) is 11.9. The van der Waals surface area contributed by atoms with Crippen molar-refractivity contribution in [3.8, 4) is 0 Å². The number of hydrogen-bond acceptors (Lipinski definition) is 2. The van der Waals surface area contributed by atoms with Gasteiger partial charge in [-0.3, -0.25) is 0 Å². The highest BCUT2D eigenvalue weighted by atomic mass is 19.2. The summed E-state index contributed by atoms with van der Waals surface area (Å²) >= 11 is 0. The van der Waals surface area contributed by atoms with Crippen molar-refractivity contribution in [3.05, 3.63) is 69.8 Å². The first kappa shape index (κ1) is 27.6. The quantitative estimate of drug-likeness (QED) is 0.258. The molecule has 1 saturated heterocycles. The molecule has 2 atom stereocenters. The molecule has 1 aliphatic heterocycles. The van der Waals surface area contributed by atoms with Gasteiger partial charge in [0.05, 0.1) is 12.7 Å². The predicted molar refractivity (Wildman–Crippen MR) is 140 cm³/mol. The molecule has 2 unspecified atom stereocenters. The summed E-state index contributed by atoms with van der Waals surface area (Å²) in [7, 11) is 0. The number of ether oxygens (including phenoxy) is 1. The van der Waals surface area contributed by atoms with Gasteiger partial charge in [0, 0.05) is 11.1 Å². The summed E-state index contributed by atoms with van der Waals surface area (Å²) in [5, 5.41) is 10.1. The third-order valence-electron chi connectivity index (χ3n) is 9.53. The zero-order valence-electron chi connectivity index (χ0n) is 22.3. The molecule has 38 heavy (non-hydrogen) atoms. The Kier molecular flexibility index (Phi) is 8.79. The van der Waals surface area contributed by atoms with Crippen LogP contribution in [0.1, 0.15) is 118 Å². The molecule has 6 heteroatoms. The fraction of sp³-hybridized carbons (Fsp3) is 0.625. The summed E-state index contributed by atoms with van der Waals surface area (Å²) in [5.41, 5.74) is 1.32. The van der Waals surface area contributed by atoms with Gasteiger partial charge < -0.3 is 9.84 Å². The van der Waals surface area contributed by atoms with E-state index in [4.69, 9.17) is 4.74 Å². The van der Waals surface area contributed by atoms with Crippen molar-refractivity contribution in [1.82, 2.24) is 0 Å². The second kappa shape index (κ2) is 12.1. The summed E-state index contributed by atoms with van der Waals surface area (Å²) in [6, 6.07) is 6.64. The van der Waals surface area contributed by atoms with Gasteiger partial charge in [-0.05, 0) is 92.6 Å². The number of benzene rings is 2. The Balaban J connectivity index is 1.09. The molecule has 0 spiro atoms. The minimum absolute atomic E-state index is 0.0302. The van der Waals surface area contributed by atoms with E-state index in [1.165, 1.54) is 0 Å². The van der Waals surface area contributed by atoms with E-state index in [-0.39, 0.29) is 17.6 Å². The van der Waals surface area contributed by atoms with Gasteiger partial charge in [0.1, 0.15) is 6.10 Å². The van der Waals surface area contributed by atoms with Crippen LogP contribution >= 0.6 is 0 Å². The highest BCUT2D eigenvalue weighted by Crippen LogP contribution is 2.45. The second-order valence-electron chi connectivity index (χ2n) is 11.9.